The maximum Gasteiger partial charge on any atom is 0.246 e. The lowest BCUT2D eigenvalue weighted by Crippen LogP contribution is -2.64. The molecule has 0 spiro atoms. The lowest BCUT2D eigenvalue weighted by Gasteiger charge is -2.39. The molecule has 44 heavy (non-hydrogen) atoms. The van der Waals surface area contributed by atoms with Gasteiger partial charge in [0.1, 0.15) is 31.3 Å². The summed E-state index contributed by atoms with van der Waals surface area (Å²) >= 11 is 1.23. The Kier molecular flexibility index (Phi) is 11.7. The number of amides is 4. The molecule has 0 bridgehead atoms. The standard InChI is InChI=1S/C32H45N5O6S/c1-5-20(2)28-32(42)36-16-10-8-15-27(36)31(41)33-24(13-9-11-17-44-21(3)38)29(39)34-25(30(40)35-28)18-22-19-37(43-4)26-14-7-6-12-23(22)26/h6-7,12,14,19-20,24-25,27-28H,5,8-11,13,15-18H2,1-4H3,(H,33,41)(H,34,39)(H,35,40)/t20?,24-,25-,27?,28-/m0/s1. The molecule has 5 atom stereocenters. The Labute approximate surface area is 263 Å². The maximum atomic E-state index is 14.0. The number of benzene rings is 1. The summed E-state index contributed by atoms with van der Waals surface area (Å²) in [6, 6.07) is 4.17. The van der Waals surface area contributed by atoms with Crippen LogP contribution in [0.2, 0.25) is 0 Å². The minimum Gasteiger partial charge on any atom is -0.417 e. The lowest BCUT2D eigenvalue weighted by molar-refractivity contribution is -0.147. The van der Waals surface area contributed by atoms with E-state index >= 15 is 0 Å². The first kappa shape index (κ1) is 33.4. The number of aromatic nitrogens is 1. The summed E-state index contributed by atoms with van der Waals surface area (Å²) in [5.74, 6) is -1.11. The summed E-state index contributed by atoms with van der Waals surface area (Å²) in [7, 11) is 1.55. The number of carbonyl (C=O) groups excluding carboxylic acids is 5. The molecule has 4 amide bonds. The Morgan fingerprint density at radius 3 is 2.48 bits per heavy atom. The van der Waals surface area contributed by atoms with Crippen molar-refractivity contribution in [2.45, 2.75) is 96.3 Å². The van der Waals surface area contributed by atoms with Crippen LogP contribution in [0, 0.1) is 5.92 Å². The van der Waals surface area contributed by atoms with Crippen molar-refractivity contribution in [3.63, 3.8) is 0 Å². The van der Waals surface area contributed by atoms with Crippen molar-refractivity contribution < 1.29 is 28.8 Å². The summed E-state index contributed by atoms with van der Waals surface area (Å²) in [5, 5.41) is 9.73. The first-order chi connectivity index (χ1) is 21.1. The van der Waals surface area contributed by atoms with Gasteiger partial charge in [0.15, 0.2) is 5.12 Å². The van der Waals surface area contributed by atoms with E-state index in [-0.39, 0.29) is 29.3 Å². The molecular weight excluding hydrogens is 582 g/mol. The zero-order chi connectivity index (χ0) is 31.8. The molecule has 3 N–H and O–H groups in total. The molecule has 0 aliphatic carbocycles. The number of nitrogens with zero attached hydrogens (tertiary/aromatic N) is 2. The number of hydrogen-bond donors (Lipinski definition) is 3. The number of carbonyl (C=O) groups is 5. The molecule has 12 heteroatoms. The highest BCUT2D eigenvalue weighted by Crippen LogP contribution is 2.24. The van der Waals surface area contributed by atoms with E-state index in [0.717, 1.165) is 29.3 Å². The van der Waals surface area contributed by atoms with Crippen LogP contribution in [0.1, 0.15) is 71.3 Å². The van der Waals surface area contributed by atoms with Crippen LogP contribution in [0.15, 0.2) is 30.5 Å². The monoisotopic (exact) mass is 627 g/mol. The average Bonchev–Trinajstić information content (AvgIpc) is 3.38. The van der Waals surface area contributed by atoms with Gasteiger partial charge in [0, 0.05) is 37.2 Å². The summed E-state index contributed by atoms with van der Waals surface area (Å²) in [4.78, 5) is 74.0. The molecule has 2 aliphatic rings. The van der Waals surface area contributed by atoms with Crippen molar-refractivity contribution in [3.8, 4) is 0 Å². The van der Waals surface area contributed by atoms with E-state index in [1.165, 1.54) is 18.7 Å². The number of thioether (sulfide) groups is 1. The fourth-order valence-electron chi connectivity index (χ4n) is 6.02. The second-order valence-electron chi connectivity index (χ2n) is 11.8. The smallest absolute Gasteiger partial charge is 0.246 e. The topological polar surface area (TPSA) is 139 Å². The molecule has 2 saturated heterocycles. The number of hydrogen-bond acceptors (Lipinski definition) is 7. The highest BCUT2D eigenvalue weighted by Gasteiger charge is 2.40. The summed E-state index contributed by atoms with van der Waals surface area (Å²) in [6.45, 7) is 5.80. The average molecular weight is 628 g/mol. The van der Waals surface area contributed by atoms with Crippen LogP contribution < -0.4 is 20.8 Å². The first-order valence-corrected chi connectivity index (χ1v) is 16.6. The number of piperidine rings is 1. The van der Waals surface area contributed by atoms with Crippen LogP contribution in [0.25, 0.3) is 10.9 Å². The Morgan fingerprint density at radius 1 is 1.02 bits per heavy atom. The number of para-hydroxylation sites is 1. The van der Waals surface area contributed by atoms with Gasteiger partial charge in [-0.2, -0.15) is 4.73 Å². The van der Waals surface area contributed by atoms with Crippen molar-refractivity contribution in [1.82, 2.24) is 25.6 Å². The van der Waals surface area contributed by atoms with Gasteiger partial charge < -0.3 is 25.7 Å². The predicted molar refractivity (Wildman–Crippen MR) is 170 cm³/mol. The normalized spacial score (nSPS) is 24.0. The van der Waals surface area contributed by atoms with Gasteiger partial charge in [-0.15, -0.1) is 0 Å². The van der Waals surface area contributed by atoms with Crippen molar-refractivity contribution in [3.05, 3.63) is 36.0 Å². The van der Waals surface area contributed by atoms with Crippen molar-refractivity contribution in [1.29, 1.82) is 0 Å². The third-order valence-corrected chi connectivity index (χ3v) is 9.60. The van der Waals surface area contributed by atoms with Gasteiger partial charge in [-0.1, -0.05) is 56.7 Å². The fraction of sp³-hybridized carbons (Fsp3) is 0.594. The Morgan fingerprint density at radius 2 is 1.75 bits per heavy atom. The third-order valence-electron chi connectivity index (χ3n) is 8.71. The van der Waals surface area contributed by atoms with Crippen molar-refractivity contribution in [2.75, 3.05) is 19.4 Å². The molecule has 1 aromatic carbocycles. The Bertz CT molecular complexity index is 1360. The molecule has 4 rings (SSSR count). The van der Waals surface area contributed by atoms with E-state index in [9.17, 15) is 24.0 Å². The molecule has 240 valence electrons. The lowest BCUT2D eigenvalue weighted by atomic mass is 9.93. The van der Waals surface area contributed by atoms with Gasteiger partial charge in [0.05, 0.1) is 5.52 Å². The maximum absolute atomic E-state index is 14.0. The molecule has 0 radical (unpaired) electrons. The van der Waals surface area contributed by atoms with Crippen LogP contribution in [-0.2, 0) is 30.4 Å². The van der Waals surface area contributed by atoms with E-state index in [4.69, 9.17) is 4.84 Å². The SMILES string of the molecule is CCC(C)[C@@H]1NC(=O)[C@H](Cc2cn(OC)c3ccccc23)NC(=O)[C@H](CCCCSC(C)=O)NC(=O)C2CCCCN2C1=O. The van der Waals surface area contributed by atoms with Crippen molar-refractivity contribution >= 4 is 51.4 Å². The zero-order valence-electron chi connectivity index (χ0n) is 26.1. The first-order valence-electron chi connectivity index (χ1n) is 15.6. The highest BCUT2D eigenvalue weighted by atomic mass is 32.2. The van der Waals surface area contributed by atoms with Gasteiger partial charge in [-0.05, 0) is 49.7 Å². The second-order valence-corrected chi connectivity index (χ2v) is 13.0. The summed E-state index contributed by atoms with van der Waals surface area (Å²) < 4.78 is 1.61. The molecule has 2 fully saturated rings. The van der Waals surface area contributed by atoms with Crippen LogP contribution in [0.4, 0.5) is 0 Å². The van der Waals surface area contributed by atoms with Gasteiger partial charge >= 0.3 is 0 Å². The van der Waals surface area contributed by atoms with E-state index in [2.05, 4.69) is 16.0 Å². The van der Waals surface area contributed by atoms with Crippen LogP contribution in [-0.4, -0.2) is 81.9 Å². The Hall–Kier alpha value is -3.54. The van der Waals surface area contributed by atoms with E-state index in [1.54, 1.807) is 22.9 Å². The van der Waals surface area contributed by atoms with E-state index in [0.29, 0.717) is 44.4 Å². The van der Waals surface area contributed by atoms with Crippen LogP contribution in [0.5, 0.6) is 0 Å². The molecule has 0 saturated carbocycles. The molecule has 3 heterocycles. The predicted octanol–water partition coefficient (Wildman–Crippen LogP) is 2.59. The molecule has 2 aromatic rings. The number of rotatable bonds is 10. The molecule has 11 nitrogen and oxygen atoms in total. The van der Waals surface area contributed by atoms with Crippen LogP contribution >= 0.6 is 11.8 Å². The third kappa shape index (κ3) is 7.94. The minimum absolute atomic E-state index is 0.0310. The van der Waals surface area contributed by atoms with Gasteiger partial charge in [0.25, 0.3) is 0 Å². The summed E-state index contributed by atoms with van der Waals surface area (Å²) in [6.07, 6.45) is 6.26. The minimum atomic E-state index is -1.01. The van der Waals surface area contributed by atoms with E-state index < -0.39 is 36.0 Å². The number of unbranched alkanes of at least 4 members (excludes halogenated alkanes) is 1. The zero-order valence-corrected chi connectivity index (χ0v) is 26.9. The fourth-order valence-corrected chi connectivity index (χ4v) is 6.66. The molecule has 2 unspecified atom stereocenters. The molecular formula is C32H45N5O6S. The molecule has 2 aliphatic heterocycles. The molecule has 1 aromatic heterocycles. The van der Waals surface area contributed by atoms with Gasteiger partial charge in [-0.25, -0.2) is 0 Å². The van der Waals surface area contributed by atoms with Gasteiger partial charge in [-0.3, -0.25) is 24.0 Å². The van der Waals surface area contributed by atoms with E-state index in [1.807, 2.05) is 38.1 Å². The quantitative estimate of drug-likeness (QED) is 0.344. The largest absolute Gasteiger partial charge is 0.417 e. The van der Waals surface area contributed by atoms with Gasteiger partial charge in [0.2, 0.25) is 23.6 Å². The summed E-state index contributed by atoms with van der Waals surface area (Å²) in [5.41, 5.74) is 1.61. The second kappa shape index (κ2) is 15.5. The number of nitrogens with one attached hydrogen (secondary N) is 3. The van der Waals surface area contributed by atoms with Crippen LogP contribution in [0.3, 0.4) is 0 Å². The number of fused-ring (bicyclic) bond motifs is 2. The highest BCUT2D eigenvalue weighted by molar-refractivity contribution is 8.13. The van der Waals surface area contributed by atoms with Crippen molar-refractivity contribution in [2.24, 2.45) is 5.92 Å². The Balaban J connectivity index is 1.68.